The minimum atomic E-state index is 0.00862. The lowest BCUT2D eigenvalue weighted by molar-refractivity contribution is -0.132. The van der Waals surface area contributed by atoms with E-state index in [9.17, 15) is 9.59 Å². The summed E-state index contributed by atoms with van der Waals surface area (Å²) in [5, 5.41) is 6.53. The Bertz CT molecular complexity index is 578. The van der Waals surface area contributed by atoms with Crippen LogP contribution in [0.2, 0.25) is 0 Å². The quantitative estimate of drug-likeness (QED) is 0.833. The number of rotatable bonds is 6. The topological polar surface area (TPSA) is 61.4 Å². The van der Waals surface area contributed by atoms with Crippen molar-refractivity contribution in [2.75, 3.05) is 13.6 Å². The molecule has 0 bridgehead atoms. The van der Waals surface area contributed by atoms with Crippen molar-refractivity contribution >= 4 is 11.8 Å². The van der Waals surface area contributed by atoms with Gasteiger partial charge in [-0.1, -0.05) is 18.2 Å². The van der Waals surface area contributed by atoms with Crippen LogP contribution in [0.25, 0.3) is 0 Å². The standard InChI is InChI=1S/C20H29N3O2/c1-23(18-8-5-9-18)19(24)14-21-16-10-12-17(13-11-16)22-20(25)15-6-3-2-4-7-15/h2-4,6-7,16-18,21H,5,8-14H2,1H3,(H,22,25). The van der Waals surface area contributed by atoms with E-state index >= 15 is 0 Å². The molecule has 2 amide bonds. The minimum absolute atomic E-state index is 0.00862. The van der Waals surface area contributed by atoms with Crippen molar-refractivity contribution < 1.29 is 9.59 Å². The van der Waals surface area contributed by atoms with Crippen molar-refractivity contribution in [1.82, 2.24) is 15.5 Å². The molecule has 0 spiro atoms. The van der Waals surface area contributed by atoms with Crippen molar-refractivity contribution in [3.63, 3.8) is 0 Å². The molecule has 5 heteroatoms. The summed E-state index contributed by atoms with van der Waals surface area (Å²) in [4.78, 5) is 26.3. The van der Waals surface area contributed by atoms with Crippen molar-refractivity contribution in [1.29, 1.82) is 0 Å². The Morgan fingerprint density at radius 2 is 1.64 bits per heavy atom. The predicted molar refractivity (Wildman–Crippen MR) is 98.4 cm³/mol. The van der Waals surface area contributed by atoms with Crippen LogP contribution < -0.4 is 10.6 Å². The van der Waals surface area contributed by atoms with E-state index in [4.69, 9.17) is 0 Å². The molecular weight excluding hydrogens is 314 g/mol. The van der Waals surface area contributed by atoms with E-state index in [1.807, 2.05) is 42.3 Å². The number of nitrogens with zero attached hydrogens (tertiary/aromatic N) is 1. The summed E-state index contributed by atoms with van der Waals surface area (Å²) < 4.78 is 0. The fourth-order valence-corrected chi connectivity index (χ4v) is 3.63. The highest BCUT2D eigenvalue weighted by molar-refractivity contribution is 5.94. The maximum atomic E-state index is 12.2. The van der Waals surface area contributed by atoms with Gasteiger partial charge in [-0.3, -0.25) is 9.59 Å². The third-order valence-corrected chi connectivity index (χ3v) is 5.66. The second-order valence-corrected chi connectivity index (χ2v) is 7.36. The van der Waals surface area contributed by atoms with Gasteiger partial charge in [0.2, 0.25) is 5.91 Å². The number of hydrogen-bond acceptors (Lipinski definition) is 3. The zero-order valence-corrected chi connectivity index (χ0v) is 15.0. The molecule has 2 saturated carbocycles. The van der Waals surface area contributed by atoms with E-state index in [-0.39, 0.29) is 17.9 Å². The highest BCUT2D eigenvalue weighted by Gasteiger charge is 2.27. The number of hydrogen-bond donors (Lipinski definition) is 2. The SMILES string of the molecule is CN(C(=O)CNC1CCC(NC(=O)c2ccccc2)CC1)C1CCC1. The van der Waals surface area contributed by atoms with Crippen LogP contribution in [-0.4, -0.2) is 48.4 Å². The molecule has 2 aliphatic carbocycles. The molecule has 0 aliphatic heterocycles. The Hall–Kier alpha value is -1.88. The molecule has 0 saturated heterocycles. The Balaban J connectivity index is 1.35. The molecule has 0 radical (unpaired) electrons. The fourth-order valence-electron chi connectivity index (χ4n) is 3.63. The molecule has 3 rings (SSSR count). The Kier molecular flexibility index (Phi) is 6.08. The molecule has 0 unspecified atom stereocenters. The zero-order chi connectivity index (χ0) is 17.6. The van der Waals surface area contributed by atoms with Gasteiger partial charge in [-0.15, -0.1) is 0 Å². The minimum Gasteiger partial charge on any atom is -0.349 e. The fraction of sp³-hybridized carbons (Fsp3) is 0.600. The molecular formula is C20H29N3O2. The van der Waals surface area contributed by atoms with Crippen LogP contribution in [0.15, 0.2) is 30.3 Å². The molecule has 1 aromatic rings. The monoisotopic (exact) mass is 343 g/mol. The van der Waals surface area contributed by atoms with E-state index < -0.39 is 0 Å². The van der Waals surface area contributed by atoms with E-state index in [1.54, 1.807) is 0 Å². The van der Waals surface area contributed by atoms with Gasteiger partial charge in [-0.2, -0.15) is 0 Å². The smallest absolute Gasteiger partial charge is 0.251 e. The van der Waals surface area contributed by atoms with E-state index in [0.29, 0.717) is 24.2 Å². The first kappa shape index (κ1) is 17.9. The maximum absolute atomic E-state index is 12.2. The van der Waals surface area contributed by atoms with Gasteiger partial charge in [0.25, 0.3) is 5.91 Å². The molecule has 25 heavy (non-hydrogen) atoms. The summed E-state index contributed by atoms with van der Waals surface area (Å²) in [7, 11) is 1.92. The third kappa shape index (κ3) is 4.82. The summed E-state index contributed by atoms with van der Waals surface area (Å²) in [5.74, 6) is 0.207. The number of carbonyl (C=O) groups excluding carboxylic acids is 2. The van der Waals surface area contributed by atoms with Gasteiger partial charge in [0.05, 0.1) is 6.54 Å². The summed E-state index contributed by atoms with van der Waals surface area (Å²) in [5.41, 5.74) is 0.715. The molecule has 0 atom stereocenters. The second-order valence-electron chi connectivity index (χ2n) is 7.36. The number of carbonyl (C=O) groups is 2. The van der Waals surface area contributed by atoms with Crippen molar-refractivity contribution in [3.05, 3.63) is 35.9 Å². The van der Waals surface area contributed by atoms with Gasteiger partial charge >= 0.3 is 0 Å². The summed E-state index contributed by atoms with van der Waals surface area (Å²) in [6, 6.07) is 10.4. The number of likely N-dealkylation sites (N-methyl/N-ethyl adjacent to an activating group) is 1. The van der Waals surface area contributed by atoms with Crippen LogP contribution in [0, 0.1) is 0 Å². The van der Waals surface area contributed by atoms with Crippen molar-refractivity contribution in [2.24, 2.45) is 0 Å². The predicted octanol–water partition coefficient (Wildman–Crippen LogP) is 2.33. The first-order valence-corrected chi connectivity index (χ1v) is 9.48. The average molecular weight is 343 g/mol. The van der Waals surface area contributed by atoms with Gasteiger partial charge in [-0.25, -0.2) is 0 Å². The van der Waals surface area contributed by atoms with Gasteiger partial charge in [0.15, 0.2) is 0 Å². The van der Waals surface area contributed by atoms with E-state index in [2.05, 4.69) is 10.6 Å². The molecule has 2 fully saturated rings. The Morgan fingerprint density at radius 3 is 2.24 bits per heavy atom. The highest BCUT2D eigenvalue weighted by Crippen LogP contribution is 2.23. The van der Waals surface area contributed by atoms with Crippen LogP contribution in [-0.2, 0) is 4.79 Å². The molecule has 0 heterocycles. The lowest BCUT2D eigenvalue weighted by Gasteiger charge is -2.35. The van der Waals surface area contributed by atoms with Gasteiger partial charge < -0.3 is 15.5 Å². The highest BCUT2D eigenvalue weighted by atomic mass is 16.2. The van der Waals surface area contributed by atoms with E-state index in [1.165, 1.54) is 6.42 Å². The summed E-state index contributed by atoms with van der Waals surface area (Å²) in [6.45, 7) is 0.429. The van der Waals surface area contributed by atoms with Crippen molar-refractivity contribution in [3.8, 4) is 0 Å². The summed E-state index contributed by atoms with van der Waals surface area (Å²) in [6.07, 6.45) is 7.46. The molecule has 5 nitrogen and oxygen atoms in total. The number of nitrogens with one attached hydrogen (secondary N) is 2. The van der Waals surface area contributed by atoms with Crippen molar-refractivity contribution in [2.45, 2.75) is 63.1 Å². The van der Waals surface area contributed by atoms with Gasteiger partial charge in [0, 0.05) is 30.7 Å². The lowest BCUT2D eigenvalue weighted by atomic mass is 9.90. The van der Waals surface area contributed by atoms with E-state index in [0.717, 1.165) is 38.5 Å². The largest absolute Gasteiger partial charge is 0.349 e. The molecule has 2 N–H and O–H groups in total. The average Bonchev–Trinajstić information content (AvgIpc) is 2.60. The Labute approximate surface area is 150 Å². The summed E-state index contributed by atoms with van der Waals surface area (Å²) >= 11 is 0. The Morgan fingerprint density at radius 1 is 1.00 bits per heavy atom. The van der Waals surface area contributed by atoms with Crippen LogP contribution in [0.1, 0.15) is 55.3 Å². The van der Waals surface area contributed by atoms with Crippen LogP contribution >= 0.6 is 0 Å². The first-order chi connectivity index (χ1) is 12.1. The normalized spacial score (nSPS) is 23.6. The third-order valence-electron chi connectivity index (χ3n) is 5.66. The number of benzene rings is 1. The number of amides is 2. The maximum Gasteiger partial charge on any atom is 0.251 e. The first-order valence-electron chi connectivity index (χ1n) is 9.48. The molecule has 2 aliphatic rings. The molecule has 136 valence electrons. The van der Waals surface area contributed by atoms with Crippen LogP contribution in [0.5, 0.6) is 0 Å². The molecule has 0 aromatic heterocycles. The van der Waals surface area contributed by atoms with Crippen LogP contribution in [0.4, 0.5) is 0 Å². The van der Waals surface area contributed by atoms with Gasteiger partial charge in [0.1, 0.15) is 0 Å². The zero-order valence-electron chi connectivity index (χ0n) is 15.0. The second kappa shape index (κ2) is 8.48. The molecule has 1 aromatic carbocycles. The lowest BCUT2D eigenvalue weighted by Crippen LogP contribution is -2.48. The van der Waals surface area contributed by atoms with Crippen LogP contribution in [0.3, 0.4) is 0 Å². The van der Waals surface area contributed by atoms with Gasteiger partial charge in [-0.05, 0) is 57.1 Å².